The fourth-order valence-corrected chi connectivity index (χ4v) is 2.56. The molecule has 8 heteroatoms. The summed E-state index contributed by atoms with van der Waals surface area (Å²) in [5.74, 6) is 2.00. The van der Waals surface area contributed by atoms with Gasteiger partial charge < -0.3 is 20.3 Å². The van der Waals surface area contributed by atoms with Crippen LogP contribution in [0.5, 0.6) is 0 Å². The molecule has 8 nitrogen and oxygen atoms in total. The number of hydrogen-bond acceptors (Lipinski definition) is 8. The van der Waals surface area contributed by atoms with E-state index in [4.69, 9.17) is 4.74 Å². The first-order valence-corrected chi connectivity index (χ1v) is 9.05. The minimum atomic E-state index is 0.638. The Kier molecular flexibility index (Phi) is 7.97. The standard InChI is InChI=1S/C16H31N7O/c1-4-7-17-14-19-15(21-16(20-14)23(5-2)6-3)18-8-9-22-10-12-24-13-11-22/h4-13H2,1-3H3,(H2,17,18,19,20,21). The zero-order valence-electron chi connectivity index (χ0n) is 15.2. The first-order chi connectivity index (χ1) is 11.8. The Bertz CT molecular complexity index is 475. The monoisotopic (exact) mass is 337 g/mol. The summed E-state index contributed by atoms with van der Waals surface area (Å²) in [6, 6.07) is 0. The third kappa shape index (κ3) is 5.76. The van der Waals surface area contributed by atoms with Crippen LogP contribution >= 0.6 is 0 Å². The van der Waals surface area contributed by atoms with Gasteiger partial charge in [0.25, 0.3) is 0 Å². The zero-order chi connectivity index (χ0) is 17.2. The van der Waals surface area contributed by atoms with E-state index in [2.05, 4.69) is 56.2 Å². The second-order valence-electron chi connectivity index (χ2n) is 5.76. The molecule has 24 heavy (non-hydrogen) atoms. The summed E-state index contributed by atoms with van der Waals surface area (Å²) in [5, 5.41) is 6.60. The van der Waals surface area contributed by atoms with E-state index in [0.29, 0.717) is 11.9 Å². The van der Waals surface area contributed by atoms with Crippen LogP contribution in [0.1, 0.15) is 27.2 Å². The van der Waals surface area contributed by atoms with Gasteiger partial charge in [0.15, 0.2) is 0 Å². The topological polar surface area (TPSA) is 78.4 Å². The van der Waals surface area contributed by atoms with Gasteiger partial charge in [-0.1, -0.05) is 6.92 Å². The fourth-order valence-electron chi connectivity index (χ4n) is 2.56. The largest absolute Gasteiger partial charge is 0.379 e. The van der Waals surface area contributed by atoms with Gasteiger partial charge in [-0.25, -0.2) is 0 Å². The molecule has 0 aromatic carbocycles. The number of hydrogen-bond donors (Lipinski definition) is 2. The van der Waals surface area contributed by atoms with E-state index < -0.39 is 0 Å². The maximum absolute atomic E-state index is 5.38. The lowest BCUT2D eigenvalue weighted by Gasteiger charge is -2.26. The zero-order valence-corrected chi connectivity index (χ0v) is 15.2. The van der Waals surface area contributed by atoms with Crippen LogP contribution in [0.15, 0.2) is 0 Å². The van der Waals surface area contributed by atoms with Crippen molar-refractivity contribution in [2.24, 2.45) is 0 Å². The van der Waals surface area contributed by atoms with Crippen molar-refractivity contribution in [2.75, 3.05) is 74.6 Å². The Labute approximate surface area is 145 Å². The molecular formula is C16H31N7O. The second kappa shape index (κ2) is 10.2. The highest BCUT2D eigenvalue weighted by atomic mass is 16.5. The summed E-state index contributed by atoms with van der Waals surface area (Å²) in [7, 11) is 0. The van der Waals surface area contributed by atoms with E-state index in [1.165, 1.54) is 0 Å². The predicted octanol–water partition coefficient (Wildman–Crippen LogP) is 1.28. The molecule has 1 aromatic rings. The summed E-state index contributed by atoms with van der Waals surface area (Å²) >= 11 is 0. The van der Waals surface area contributed by atoms with Gasteiger partial charge in [0, 0.05) is 45.8 Å². The van der Waals surface area contributed by atoms with Crippen LogP contribution in [0.2, 0.25) is 0 Å². The molecule has 0 spiro atoms. The molecule has 0 bridgehead atoms. The van der Waals surface area contributed by atoms with E-state index in [0.717, 1.165) is 71.4 Å². The van der Waals surface area contributed by atoms with Crippen molar-refractivity contribution < 1.29 is 4.74 Å². The molecule has 0 aliphatic carbocycles. The maximum Gasteiger partial charge on any atom is 0.231 e. The Hall–Kier alpha value is -1.67. The van der Waals surface area contributed by atoms with Gasteiger partial charge >= 0.3 is 0 Å². The number of rotatable bonds is 10. The van der Waals surface area contributed by atoms with Crippen molar-refractivity contribution >= 4 is 17.8 Å². The molecule has 0 amide bonds. The maximum atomic E-state index is 5.38. The van der Waals surface area contributed by atoms with Gasteiger partial charge in [-0.3, -0.25) is 4.90 Å². The van der Waals surface area contributed by atoms with E-state index in [-0.39, 0.29) is 0 Å². The van der Waals surface area contributed by atoms with Gasteiger partial charge in [-0.05, 0) is 20.3 Å². The molecule has 1 saturated heterocycles. The van der Waals surface area contributed by atoms with Crippen LogP contribution in [0.3, 0.4) is 0 Å². The average molecular weight is 337 g/mol. The second-order valence-corrected chi connectivity index (χ2v) is 5.76. The van der Waals surface area contributed by atoms with Gasteiger partial charge in [-0.2, -0.15) is 15.0 Å². The van der Waals surface area contributed by atoms with Crippen LogP contribution in [0.4, 0.5) is 17.8 Å². The number of morpholine rings is 1. The SMILES string of the molecule is CCCNc1nc(NCCN2CCOCC2)nc(N(CC)CC)n1. The third-order valence-electron chi connectivity index (χ3n) is 4.02. The molecule has 0 saturated carbocycles. The van der Waals surface area contributed by atoms with Gasteiger partial charge in [0.2, 0.25) is 17.8 Å². The molecule has 136 valence electrons. The lowest BCUT2D eigenvalue weighted by atomic mass is 10.4. The summed E-state index contributed by atoms with van der Waals surface area (Å²) in [4.78, 5) is 18.1. The Morgan fingerprint density at radius 1 is 0.958 bits per heavy atom. The van der Waals surface area contributed by atoms with Crippen molar-refractivity contribution in [3.05, 3.63) is 0 Å². The molecule has 0 radical (unpaired) electrons. The summed E-state index contributed by atoms with van der Waals surface area (Å²) in [6.07, 6.45) is 1.03. The van der Waals surface area contributed by atoms with Crippen molar-refractivity contribution in [1.82, 2.24) is 19.9 Å². The number of nitrogens with zero attached hydrogens (tertiary/aromatic N) is 5. The van der Waals surface area contributed by atoms with E-state index >= 15 is 0 Å². The minimum absolute atomic E-state index is 0.638. The number of nitrogens with one attached hydrogen (secondary N) is 2. The number of anilines is 3. The van der Waals surface area contributed by atoms with Crippen LogP contribution in [-0.2, 0) is 4.74 Å². The molecule has 1 aliphatic rings. The lowest BCUT2D eigenvalue weighted by Crippen LogP contribution is -2.39. The molecule has 2 rings (SSSR count). The van der Waals surface area contributed by atoms with Crippen molar-refractivity contribution in [2.45, 2.75) is 27.2 Å². The number of ether oxygens (including phenoxy) is 1. The highest BCUT2D eigenvalue weighted by Gasteiger charge is 2.12. The highest BCUT2D eigenvalue weighted by molar-refractivity contribution is 5.43. The van der Waals surface area contributed by atoms with E-state index in [1.807, 2.05) is 0 Å². The number of aromatic nitrogens is 3. The van der Waals surface area contributed by atoms with Crippen molar-refractivity contribution in [3.63, 3.8) is 0 Å². The van der Waals surface area contributed by atoms with Crippen LogP contribution in [0, 0.1) is 0 Å². The Morgan fingerprint density at radius 2 is 1.58 bits per heavy atom. The van der Waals surface area contributed by atoms with Gasteiger partial charge in [0.1, 0.15) is 0 Å². The average Bonchev–Trinajstić information content (AvgIpc) is 2.62. The first kappa shape index (κ1) is 18.7. The van der Waals surface area contributed by atoms with Crippen LogP contribution in [-0.4, -0.2) is 78.9 Å². The predicted molar refractivity (Wildman–Crippen MR) is 97.9 cm³/mol. The molecule has 2 heterocycles. The summed E-state index contributed by atoms with van der Waals surface area (Å²) in [5.41, 5.74) is 0. The van der Waals surface area contributed by atoms with Crippen LogP contribution < -0.4 is 15.5 Å². The van der Waals surface area contributed by atoms with Gasteiger partial charge in [-0.15, -0.1) is 0 Å². The normalized spacial score (nSPS) is 15.3. The lowest BCUT2D eigenvalue weighted by molar-refractivity contribution is 0.0398. The molecule has 0 unspecified atom stereocenters. The van der Waals surface area contributed by atoms with E-state index in [9.17, 15) is 0 Å². The van der Waals surface area contributed by atoms with E-state index in [1.54, 1.807) is 0 Å². The van der Waals surface area contributed by atoms with Crippen molar-refractivity contribution in [1.29, 1.82) is 0 Å². The van der Waals surface area contributed by atoms with Gasteiger partial charge in [0.05, 0.1) is 13.2 Å². The molecule has 1 aliphatic heterocycles. The fraction of sp³-hybridized carbons (Fsp3) is 0.812. The Morgan fingerprint density at radius 3 is 2.17 bits per heavy atom. The Balaban J connectivity index is 1.98. The third-order valence-corrected chi connectivity index (χ3v) is 4.02. The molecule has 0 atom stereocenters. The molecule has 1 fully saturated rings. The summed E-state index contributed by atoms with van der Waals surface area (Å²) in [6.45, 7) is 14.4. The van der Waals surface area contributed by atoms with Crippen LogP contribution in [0.25, 0.3) is 0 Å². The smallest absolute Gasteiger partial charge is 0.231 e. The molecule has 2 N–H and O–H groups in total. The minimum Gasteiger partial charge on any atom is -0.379 e. The molecular weight excluding hydrogens is 306 g/mol. The summed E-state index contributed by atoms with van der Waals surface area (Å²) < 4.78 is 5.38. The highest BCUT2D eigenvalue weighted by Crippen LogP contribution is 2.13. The quantitative estimate of drug-likeness (QED) is 0.661. The molecule has 1 aromatic heterocycles. The first-order valence-electron chi connectivity index (χ1n) is 9.05. The van der Waals surface area contributed by atoms with Crippen molar-refractivity contribution in [3.8, 4) is 0 Å².